The third-order valence-electron chi connectivity index (χ3n) is 4.97. The number of unbranched alkanes of at least 4 members (excludes halogenated alkanes) is 1. The molecule has 8 N–H and O–H groups in total. The lowest BCUT2D eigenvalue weighted by Crippen LogP contribution is -2.46. The lowest BCUT2D eigenvalue weighted by atomic mass is 10.1. The van der Waals surface area contributed by atoms with Gasteiger partial charge in [0.15, 0.2) is 11.5 Å². The zero-order valence-corrected chi connectivity index (χ0v) is 16.5. The van der Waals surface area contributed by atoms with Gasteiger partial charge in [0, 0.05) is 18.2 Å². The topological polar surface area (TPSA) is 174 Å². The van der Waals surface area contributed by atoms with E-state index in [0.29, 0.717) is 13.0 Å². The summed E-state index contributed by atoms with van der Waals surface area (Å²) in [4.78, 5) is 38.3. The number of carbonyl (C=O) groups is 3. The summed E-state index contributed by atoms with van der Waals surface area (Å²) in [5, 5.41) is 12.7. The lowest BCUT2D eigenvalue weighted by molar-refractivity contribution is -0.123. The number of nitrogens with two attached hydrogens (primary N) is 3. The summed E-state index contributed by atoms with van der Waals surface area (Å²) in [7, 11) is 1.40. The minimum atomic E-state index is -0.870. The van der Waals surface area contributed by atoms with Gasteiger partial charge in [-0.15, -0.1) is 0 Å². The van der Waals surface area contributed by atoms with Gasteiger partial charge in [0.2, 0.25) is 11.8 Å². The smallest absolute Gasteiger partial charge is 0.254 e. The van der Waals surface area contributed by atoms with E-state index in [9.17, 15) is 19.5 Å². The van der Waals surface area contributed by atoms with Gasteiger partial charge in [0.1, 0.15) is 6.04 Å². The summed E-state index contributed by atoms with van der Waals surface area (Å²) >= 11 is 0. The summed E-state index contributed by atoms with van der Waals surface area (Å²) in [6, 6.07) is 2.20. The Morgan fingerprint density at radius 1 is 1.34 bits per heavy atom. The van der Waals surface area contributed by atoms with Gasteiger partial charge in [0.05, 0.1) is 13.2 Å². The van der Waals surface area contributed by atoms with E-state index >= 15 is 0 Å². The van der Waals surface area contributed by atoms with E-state index in [2.05, 4.69) is 5.32 Å². The molecule has 0 bridgehead atoms. The molecule has 0 aliphatic carbocycles. The van der Waals surface area contributed by atoms with E-state index in [1.54, 1.807) is 0 Å². The molecule has 1 saturated heterocycles. The van der Waals surface area contributed by atoms with Crippen LogP contribution in [0.1, 0.15) is 36.0 Å². The Morgan fingerprint density at radius 3 is 2.66 bits per heavy atom. The van der Waals surface area contributed by atoms with Crippen molar-refractivity contribution >= 4 is 17.7 Å². The molecule has 1 aliphatic heterocycles. The van der Waals surface area contributed by atoms with Crippen LogP contribution in [0.2, 0.25) is 0 Å². The van der Waals surface area contributed by atoms with Gasteiger partial charge < -0.3 is 37.3 Å². The quantitative estimate of drug-likeness (QED) is 0.328. The minimum Gasteiger partial charge on any atom is -0.504 e. The summed E-state index contributed by atoms with van der Waals surface area (Å²) in [5.74, 6) is -1.45. The average molecular weight is 407 g/mol. The molecule has 1 heterocycles. The van der Waals surface area contributed by atoms with Crippen molar-refractivity contribution in [1.29, 1.82) is 0 Å². The molecule has 0 radical (unpaired) electrons. The Kier molecular flexibility index (Phi) is 7.80. The molecule has 160 valence electrons. The molecular formula is C19H29N5O5. The number of benzene rings is 1. The van der Waals surface area contributed by atoms with E-state index in [4.69, 9.17) is 21.9 Å². The molecule has 1 aromatic carbocycles. The second-order valence-corrected chi connectivity index (χ2v) is 7.09. The first-order chi connectivity index (χ1) is 13.8. The number of carbonyl (C=O) groups excluding carboxylic acids is 3. The number of ether oxygens (including phenoxy) is 1. The second-order valence-electron chi connectivity index (χ2n) is 7.09. The molecule has 0 spiro atoms. The first-order valence-corrected chi connectivity index (χ1v) is 9.51. The predicted octanol–water partition coefficient (Wildman–Crippen LogP) is -0.958. The predicted molar refractivity (Wildman–Crippen MR) is 106 cm³/mol. The van der Waals surface area contributed by atoms with Crippen LogP contribution in [0.25, 0.3) is 0 Å². The molecule has 10 nitrogen and oxygen atoms in total. The third-order valence-corrected chi connectivity index (χ3v) is 4.97. The number of likely N-dealkylation sites (tertiary alicyclic amines) is 1. The molecule has 10 heteroatoms. The number of hydrogen-bond donors (Lipinski definition) is 5. The van der Waals surface area contributed by atoms with Crippen molar-refractivity contribution < 1.29 is 24.2 Å². The average Bonchev–Trinajstić information content (AvgIpc) is 3.11. The third kappa shape index (κ3) is 5.58. The Balaban J connectivity index is 2.06. The molecule has 0 aromatic heterocycles. The van der Waals surface area contributed by atoms with Crippen LogP contribution in [-0.4, -0.2) is 66.1 Å². The number of nitrogens with one attached hydrogen (secondary N) is 1. The maximum atomic E-state index is 12.9. The van der Waals surface area contributed by atoms with Crippen LogP contribution >= 0.6 is 0 Å². The van der Waals surface area contributed by atoms with Crippen LogP contribution in [0, 0.1) is 0 Å². The van der Waals surface area contributed by atoms with E-state index in [1.165, 1.54) is 30.2 Å². The SMILES string of the molecule is COc1ccc(C(=O)N2C[C@@H](NC(=O)[C@@H](N)CCCCN)C[C@H]2C(N)=O)cc1O. The summed E-state index contributed by atoms with van der Waals surface area (Å²) in [6.07, 6.45) is 2.23. The van der Waals surface area contributed by atoms with Crippen LogP contribution in [0.15, 0.2) is 18.2 Å². The zero-order valence-electron chi connectivity index (χ0n) is 16.5. The molecule has 1 aromatic rings. The van der Waals surface area contributed by atoms with Crippen molar-refractivity contribution in [3.63, 3.8) is 0 Å². The number of hydrogen-bond acceptors (Lipinski definition) is 7. The van der Waals surface area contributed by atoms with Crippen LogP contribution in [0.3, 0.4) is 0 Å². The lowest BCUT2D eigenvalue weighted by Gasteiger charge is -2.22. The monoisotopic (exact) mass is 407 g/mol. The Labute approximate surface area is 169 Å². The maximum Gasteiger partial charge on any atom is 0.254 e. The molecule has 3 atom stereocenters. The van der Waals surface area contributed by atoms with E-state index in [1.807, 2.05) is 0 Å². The first kappa shape index (κ1) is 22.4. The van der Waals surface area contributed by atoms with Crippen LogP contribution < -0.4 is 27.3 Å². The van der Waals surface area contributed by atoms with Crippen molar-refractivity contribution in [1.82, 2.24) is 10.2 Å². The normalized spacial score (nSPS) is 19.6. The van der Waals surface area contributed by atoms with Gasteiger partial charge in [-0.2, -0.15) is 0 Å². The second kappa shape index (κ2) is 10.1. The van der Waals surface area contributed by atoms with Gasteiger partial charge in [-0.3, -0.25) is 14.4 Å². The van der Waals surface area contributed by atoms with Crippen molar-refractivity contribution in [2.75, 3.05) is 20.2 Å². The molecular weight excluding hydrogens is 378 g/mol. The number of methoxy groups -OCH3 is 1. The fourth-order valence-electron chi connectivity index (χ4n) is 3.37. The number of nitrogens with zero attached hydrogens (tertiary/aromatic N) is 1. The highest BCUT2D eigenvalue weighted by Gasteiger charge is 2.40. The van der Waals surface area contributed by atoms with E-state index < -0.39 is 29.9 Å². The minimum absolute atomic E-state index is 0.112. The van der Waals surface area contributed by atoms with Gasteiger partial charge in [-0.1, -0.05) is 6.42 Å². The number of aromatic hydroxyl groups is 1. The molecule has 0 saturated carbocycles. The van der Waals surface area contributed by atoms with Crippen molar-refractivity contribution in [2.45, 2.75) is 43.8 Å². The Hall–Kier alpha value is -2.85. The van der Waals surface area contributed by atoms with Crippen LogP contribution in [0.4, 0.5) is 0 Å². The Bertz CT molecular complexity index is 757. The van der Waals surface area contributed by atoms with Gasteiger partial charge in [-0.05, 0) is 44.0 Å². The van der Waals surface area contributed by atoms with Gasteiger partial charge >= 0.3 is 0 Å². The largest absolute Gasteiger partial charge is 0.504 e. The fourth-order valence-corrected chi connectivity index (χ4v) is 3.37. The molecule has 3 amide bonds. The highest BCUT2D eigenvalue weighted by molar-refractivity contribution is 5.98. The standard InChI is InChI=1S/C19H29N5O5/c1-29-16-6-5-11(8-15(16)25)19(28)24-10-12(9-14(24)17(22)26)23-18(27)13(21)4-2-3-7-20/h5-6,8,12-14,25H,2-4,7,9-10,20-21H2,1H3,(H2,22,26)(H,23,27)/t12-,13-,14-/m0/s1. The molecule has 2 rings (SSSR count). The van der Waals surface area contributed by atoms with Crippen LogP contribution in [0.5, 0.6) is 11.5 Å². The van der Waals surface area contributed by atoms with Gasteiger partial charge in [-0.25, -0.2) is 0 Å². The van der Waals surface area contributed by atoms with Gasteiger partial charge in [0.25, 0.3) is 5.91 Å². The van der Waals surface area contributed by atoms with Crippen molar-refractivity contribution in [2.24, 2.45) is 17.2 Å². The summed E-state index contributed by atoms with van der Waals surface area (Å²) in [6.45, 7) is 0.649. The van der Waals surface area contributed by atoms with Crippen molar-refractivity contribution in [3.05, 3.63) is 23.8 Å². The number of primary amides is 1. The highest BCUT2D eigenvalue weighted by atomic mass is 16.5. The maximum absolute atomic E-state index is 12.9. The molecule has 1 aliphatic rings. The zero-order chi connectivity index (χ0) is 21.6. The summed E-state index contributed by atoms with van der Waals surface area (Å²) in [5.41, 5.74) is 17.0. The van der Waals surface area contributed by atoms with Crippen LogP contribution in [-0.2, 0) is 9.59 Å². The van der Waals surface area contributed by atoms with Crippen molar-refractivity contribution in [3.8, 4) is 11.5 Å². The van der Waals surface area contributed by atoms with E-state index in [0.717, 1.165) is 12.8 Å². The number of rotatable bonds is 9. The molecule has 29 heavy (non-hydrogen) atoms. The molecule has 1 fully saturated rings. The Morgan fingerprint density at radius 2 is 2.07 bits per heavy atom. The molecule has 0 unspecified atom stereocenters. The number of amides is 3. The van der Waals surface area contributed by atoms with E-state index in [-0.39, 0.29) is 35.9 Å². The number of phenolic OH excluding ortho intramolecular Hbond substituents is 1. The highest BCUT2D eigenvalue weighted by Crippen LogP contribution is 2.28. The number of phenols is 1. The fraction of sp³-hybridized carbons (Fsp3) is 0.526. The summed E-state index contributed by atoms with van der Waals surface area (Å²) < 4.78 is 4.97. The first-order valence-electron chi connectivity index (χ1n) is 9.51.